The summed E-state index contributed by atoms with van der Waals surface area (Å²) in [6.07, 6.45) is -2.76. The van der Waals surface area contributed by atoms with E-state index in [9.17, 15) is 18.0 Å². The second-order valence-corrected chi connectivity index (χ2v) is 10.7. The molecule has 0 atom stereocenters. The molecule has 6 heterocycles. The molecule has 43 heavy (non-hydrogen) atoms. The molecule has 0 spiro atoms. The molecule has 7 rings (SSSR count). The second-order valence-electron chi connectivity index (χ2n) is 10.7. The second kappa shape index (κ2) is 10.2. The molecule has 1 saturated heterocycles. The van der Waals surface area contributed by atoms with Gasteiger partial charge in [0.05, 0.1) is 47.2 Å². The number of carbonyl (C=O) groups is 1. The number of ketones is 1. The molecule has 0 bridgehead atoms. The summed E-state index contributed by atoms with van der Waals surface area (Å²) in [6, 6.07) is 12.5. The molecule has 11 nitrogen and oxygen atoms in total. The molecule has 1 aromatic carbocycles. The van der Waals surface area contributed by atoms with Gasteiger partial charge in [-0.3, -0.25) is 14.3 Å². The minimum Gasteiger partial charge on any atom is -0.378 e. The molecule has 0 radical (unpaired) electrons. The van der Waals surface area contributed by atoms with Gasteiger partial charge in [0.25, 0.3) is 0 Å². The molecular weight excluding hydrogens is 563 g/mol. The first-order valence-electron chi connectivity index (χ1n) is 13.7. The summed E-state index contributed by atoms with van der Waals surface area (Å²) in [4.78, 5) is 23.9. The van der Waals surface area contributed by atoms with Gasteiger partial charge in [0.15, 0.2) is 23.1 Å². The van der Waals surface area contributed by atoms with E-state index in [-0.39, 0.29) is 35.3 Å². The maximum Gasteiger partial charge on any atom is 0.435 e. The van der Waals surface area contributed by atoms with Crippen LogP contribution in [0.15, 0.2) is 48.8 Å². The van der Waals surface area contributed by atoms with Crippen LogP contribution in [0.4, 0.5) is 24.7 Å². The van der Waals surface area contributed by atoms with Gasteiger partial charge in [-0.2, -0.15) is 23.4 Å². The van der Waals surface area contributed by atoms with Crippen LogP contribution in [-0.2, 0) is 23.9 Å². The van der Waals surface area contributed by atoms with E-state index in [4.69, 9.17) is 9.72 Å². The fourth-order valence-electron chi connectivity index (χ4n) is 5.48. The number of benzene rings is 1. The van der Waals surface area contributed by atoms with Gasteiger partial charge in [0.2, 0.25) is 0 Å². The largest absolute Gasteiger partial charge is 0.435 e. The lowest BCUT2D eigenvalue weighted by Crippen LogP contribution is -2.50. The SMILES string of the molecule is CC(=O)c1ccc(-n2cnc3cc(Nc4ccc(C)nn4)ccc32)nc1-n1nc(C(F)(F)F)c2c1CCN(C1COC1)C2. The zero-order valence-corrected chi connectivity index (χ0v) is 23.3. The van der Waals surface area contributed by atoms with Crippen molar-refractivity contribution < 1.29 is 22.7 Å². The minimum absolute atomic E-state index is 0.0512. The van der Waals surface area contributed by atoms with Crippen molar-refractivity contribution in [3.05, 3.63) is 77.0 Å². The Morgan fingerprint density at radius 1 is 1.09 bits per heavy atom. The highest BCUT2D eigenvalue weighted by molar-refractivity contribution is 5.97. The molecule has 14 heteroatoms. The Labute approximate surface area is 243 Å². The molecule has 4 aromatic heterocycles. The van der Waals surface area contributed by atoms with Gasteiger partial charge in [0, 0.05) is 30.8 Å². The number of nitrogens with one attached hydrogen (secondary N) is 1. The maximum atomic E-state index is 14.2. The van der Waals surface area contributed by atoms with E-state index in [0.29, 0.717) is 54.5 Å². The van der Waals surface area contributed by atoms with Crippen LogP contribution in [0.1, 0.15) is 39.9 Å². The van der Waals surface area contributed by atoms with Crippen LogP contribution in [0.25, 0.3) is 22.7 Å². The molecule has 5 aromatic rings. The molecule has 220 valence electrons. The molecule has 0 amide bonds. The molecular formula is C29H26F3N9O2. The number of imidazole rings is 1. The Kier molecular flexibility index (Phi) is 6.47. The highest BCUT2D eigenvalue weighted by Crippen LogP contribution is 2.37. The molecule has 0 unspecified atom stereocenters. The predicted octanol–water partition coefficient (Wildman–Crippen LogP) is 4.43. The summed E-state index contributed by atoms with van der Waals surface area (Å²) in [6.45, 7) is 4.87. The first kappa shape index (κ1) is 27.2. The highest BCUT2D eigenvalue weighted by atomic mass is 19.4. The number of anilines is 2. The van der Waals surface area contributed by atoms with Crippen molar-refractivity contribution >= 4 is 28.3 Å². The lowest BCUT2D eigenvalue weighted by atomic mass is 10.0. The molecule has 0 aliphatic carbocycles. The van der Waals surface area contributed by atoms with E-state index in [1.165, 1.54) is 11.6 Å². The third-order valence-electron chi connectivity index (χ3n) is 7.80. The molecule has 1 N–H and O–H groups in total. The van der Waals surface area contributed by atoms with Crippen LogP contribution in [0, 0.1) is 6.92 Å². The van der Waals surface area contributed by atoms with E-state index < -0.39 is 11.9 Å². The van der Waals surface area contributed by atoms with E-state index in [1.54, 1.807) is 23.0 Å². The normalized spacial score (nSPS) is 15.8. The predicted molar refractivity (Wildman–Crippen MR) is 150 cm³/mol. The summed E-state index contributed by atoms with van der Waals surface area (Å²) in [5.74, 6) is 0.687. The van der Waals surface area contributed by atoms with Crippen LogP contribution < -0.4 is 5.32 Å². The monoisotopic (exact) mass is 589 g/mol. The molecule has 1 fully saturated rings. The number of alkyl halides is 3. The zero-order chi connectivity index (χ0) is 29.9. The number of Topliss-reactive ketones (excluding diaryl/α,β-unsaturated/α-hetero) is 1. The average Bonchev–Trinajstić information content (AvgIpc) is 3.54. The van der Waals surface area contributed by atoms with Crippen molar-refractivity contribution in [2.75, 3.05) is 25.1 Å². The topological polar surface area (TPSA) is 116 Å². The fourth-order valence-corrected chi connectivity index (χ4v) is 5.48. The Morgan fingerprint density at radius 3 is 2.63 bits per heavy atom. The van der Waals surface area contributed by atoms with E-state index >= 15 is 0 Å². The standard InChI is InChI=1S/C29H26F3N9O2/c1-16-3-7-25(37-36-16)34-18-4-6-24-22(11-18)33-15-40(24)26-8-5-20(17(2)42)28(35-26)41-23-9-10-39(19-13-43-14-19)12-21(23)27(38-41)29(30,31)32/h3-8,11,15,19H,9-10,12-14H2,1-2H3,(H,34,37). The minimum atomic E-state index is -4.67. The number of nitrogens with zero attached hydrogens (tertiary/aromatic N) is 8. The summed E-state index contributed by atoms with van der Waals surface area (Å²) < 4.78 is 50.8. The van der Waals surface area contributed by atoms with Gasteiger partial charge in [-0.1, -0.05) is 0 Å². The quantitative estimate of drug-likeness (QED) is 0.287. The number of rotatable bonds is 6. The number of pyridine rings is 1. The molecule has 2 aliphatic rings. The molecule has 2 aliphatic heterocycles. The van der Waals surface area contributed by atoms with Gasteiger partial charge in [0.1, 0.15) is 12.1 Å². The van der Waals surface area contributed by atoms with Crippen molar-refractivity contribution in [3.63, 3.8) is 0 Å². The first-order chi connectivity index (χ1) is 20.7. The van der Waals surface area contributed by atoms with Gasteiger partial charge in [-0.05, 0) is 56.3 Å². The van der Waals surface area contributed by atoms with Gasteiger partial charge in [-0.15, -0.1) is 5.10 Å². The highest BCUT2D eigenvalue weighted by Gasteiger charge is 2.42. The number of aromatic nitrogens is 7. The first-order valence-corrected chi connectivity index (χ1v) is 13.7. The smallest absolute Gasteiger partial charge is 0.378 e. The van der Waals surface area contributed by atoms with Gasteiger partial charge in [-0.25, -0.2) is 14.6 Å². The Bertz CT molecular complexity index is 1860. The van der Waals surface area contributed by atoms with Crippen molar-refractivity contribution in [1.82, 2.24) is 39.4 Å². The van der Waals surface area contributed by atoms with Crippen molar-refractivity contribution in [1.29, 1.82) is 0 Å². The zero-order valence-electron chi connectivity index (χ0n) is 23.3. The number of hydrogen-bond acceptors (Lipinski definition) is 9. The Hall–Kier alpha value is -4.69. The average molecular weight is 590 g/mol. The number of carbonyl (C=O) groups excluding carboxylic acids is 1. The van der Waals surface area contributed by atoms with Crippen LogP contribution >= 0.6 is 0 Å². The van der Waals surface area contributed by atoms with Crippen LogP contribution in [0.5, 0.6) is 0 Å². The summed E-state index contributed by atoms with van der Waals surface area (Å²) in [5, 5.41) is 15.4. The van der Waals surface area contributed by atoms with Crippen LogP contribution in [0.3, 0.4) is 0 Å². The number of halogens is 3. The third kappa shape index (κ3) is 4.91. The Balaban J connectivity index is 1.29. The lowest BCUT2D eigenvalue weighted by molar-refractivity contribution is -0.142. The van der Waals surface area contributed by atoms with Crippen molar-refractivity contribution in [2.45, 2.75) is 39.0 Å². The van der Waals surface area contributed by atoms with Crippen molar-refractivity contribution in [3.8, 4) is 11.6 Å². The molecule has 0 saturated carbocycles. The third-order valence-corrected chi connectivity index (χ3v) is 7.80. The van der Waals surface area contributed by atoms with Crippen molar-refractivity contribution in [2.24, 2.45) is 0 Å². The van der Waals surface area contributed by atoms with Crippen LogP contribution in [-0.4, -0.2) is 71.0 Å². The summed E-state index contributed by atoms with van der Waals surface area (Å²) >= 11 is 0. The summed E-state index contributed by atoms with van der Waals surface area (Å²) in [7, 11) is 0. The van der Waals surface area contributed by atoms with Gasteiger partial charge < -0.3 is 10.1 Å². The maximum absolute atomic E-state index is 14.2. The lowest BCUT2D eigenvalue weighted by Gasteiger charge is -2.39. The number of fused-ring (bicyclic) bond motifs is 2. The van der Waals surface area contributed by atoms with E-state index in [1.807, 2.05) is 42.2 Å². The number of aryl methyl sites for hydroxylation is 1. The number of ether oxygens (including phenoxy) is 1. The number of hydrogen-bond donors (Lipinski definition) is 1. The van der Waals surface area contributed by atoms with E-state index in [0.717, 1.165) is 11.4 Å². The summed E-state index contributed by atoms with van der Waals surface area (Å²) in [5.41, 5.74) is 2.65. The van der Waals surface area contributed by atoms with Gasteiger partial charge >= 0.3 is 6.18 Å². The Morgan fingerprint density at radius 2 is 1.93 bits per heavy atom. The van der Waals surface area contributed by atoms with Crippen LogP contribution in [0.2, 0.25) is 0 Å². The fraction of sp³-hybridized carbons (Fsp3) is 0.310. The van der Waals surface area contributed by atoms with E-state index in [2.05, 4.69) is 25.6 Å².